The molecule has 2 heterocycles. The Kier molecular flexibility index (Phi) is 10.3. The van der Waals surface area contributed by atoms with E-state index in [9.17, 15) is 14.4 Å². The third-order valence-electron chi connectivity index (χ3n) is 8.27. The van der Waals surface area contributed by atoms with Gasteiger partial charge in [-0.15, -0.1) is 11.3 Å². The molecule has 0 spiro atoms. The van der Waals surface area contributed by atoms with Crippen molar-refractivity contribution in [2.24, 2.45) is 17.8 Å². The number of rotatable bonds is 9. The second kappa shape index (κ2) is 13.5. The van der Waals surface area contributed by atoms with Gasteiger partial charge >= 0.3 is 11.9 Å². The summed E-state index contributed by atoms with van der Waals surface area (Å²) in [6.45, 7) is 11.3. The fourth-order valence-corrected chi connectivity index (χ4v) is 6.97. The number of thiophene rings is 1. The molecular formula is C33H47N2O5S+. The molecule has 1 aromatic heterocycles. The van der Waals surface area contributed by atoms with E-state index in [4.69, 9.17) is 9.47 Å². The van der Waals surface area contributed by atoms with Crippen LogP contribution in [-0.4, -0.2) is 49.8 Å². The Morgan fingerprint density at radius 3 is 2.24 bits per heavy atom. The van der Waals surface area contributed by atoms with E-state index in [1.807, 2.05) is 55.1 Å². The number of quaternary nitrogens is 1. The summed E-state index contributed by atoms with van der Waals surface area (Å²) >= 11 is 1.33. The number of amides is 1. The lowest BCUT2D eigenvalue weighted by Gasteiger charge is -2.38. The third kappa shape index (κ3) is 8.19. The first-order valence-electron chi connectivity index (χ1n) is 15.2. The van der Waals surface area contributed by atoms with Gasteiger partial charge in [0, 0.05) is 49.9 Å². The fraction of sp³-hybridized carbons (Fsp3) is 0.606. The molecule has 1 aliphatic heterocycles. The predicted molar refractivity (Wildman–Crippen MR) is 163 cm³/mol. The second-order valence-electron chi connectivity index (χ2n) is 12.9. The summed E-state index contributed by atoms with van der Waals surface area (Å²) in [6, 6.07) is 11.9. The second-order valence-corrected chi connectivity index (χ2v) is 14.0. The van der Waals surface area contributed by atoms with Crippen molar-refractivity contribution in [3.05, 3.63) is 41.3 Å². The van der Waals surface area contributed by atoms with Gasteiger partial charge in [0.1, 0.15) is 4.88 Å². The summed E-state index contributed by atoms with van der Waals surface area (Å²) in [5.41, 5.74) is 1.60. The van der Waals surface area contributed by atoms with Gasteiger partial charge in [0.15, 0.2) is 0 Å². The largest absolute Gasteiger partial charge is 0.423 e. The van der Waals surface area contributed by atoms with E-state index in [1.165, 1.54) is 16.2 Å². The Labute approximate surface area is 249 Å². The molecule has 2 aliphatic rings. The van der Waals surface area contributed by atoms with Gasteiger partial charge in [0.05, 0.1) is 25.8 Å². The first-order chi connectivity index (χ1) is 19.4. The summed E-state index contributed by atoms with van der Waals surface area (Å²) in [7, 11) is 2.19. The van der Waals surface area contributed by atoms with Crippen molar-refractivity contribution in [3.8, 4) is 10.4 Å². The number of carbonyl (C=O) groups excluding carboxylic acids is 3. The Bertz CT molecular complexity index is 1190. The van der Waals surface area contributed by atoms with Crippen LogP contribution in [0.5, 0.6) is 0 Å². The SMILES string of the molecule is CC(C)CC(=O)OC(C)(C)OC(=O)c1sc(-c2ccccc2)cc1N(C(=O)C1CCC(C)CC1)C1CC[NH+](C)CC1. The van der Waals surface area contributed by atoms with Crippen molar-refractivity contribution in [1.82, 2.24) is 0 Å². The van der Waals surface area contributed by atoms with Gasteiger partial charge in [0.2, 0.25) is 5.91 Å². The van der Waals surface area contributed by atoms with Crippen LogP contribution >= 0.6 is 11.3 Å². The fourth-order valence-electron chi connectivity index (χ4n) is 5.94. The van der Waals surface area contributed by atoms with Crippen LogP contribution < -0.4 is 9.80 Å². The minimum Gasteiger partial charge on any atom is -0.423 e. The molecule has 1 aliphatic carbocycles. The number of ether oxygens (including phenoxy) is 2. The minimum absolute atomic E-state index is 0.0206. The van der Waals surface area contributed by atoms with Crippen LogP contribution in [-0.2, 0) is 19.1 Å². The molecule has 7 nitrogen and oxygen atoms in total. The van der Waals surface area contributed by atoms with Crippen LogP contribution in [0.4, 0.5) is 5.69 Å². The number of piperidine rings is 1. The maximum atomic E-state index is 14.3. The minimum atomic E-state index is -1.44. The van der Waals surface area contributed by atoms with Crippen LogP contribution in [0.2, 0.25) is 0 Å². The number of esters is 2. The Balaban J connectivity index is 1.72. The number of hydrogen-bond donors (Lipinski definition) is 1. The highest BCUT2D eigenvalue weighted by molar-refractivity contribution is 7.18. The smallest absolute Gasteiger partial charge is 0.353 e. The highest BCUT2D eigenvalue weighted by Crippen LogP contribution is 2.41. The predicted octanol–water partition coefficient (Wildman–Crippen LogP) is 5.73. The molecule has 0 radical (unpaired) electrons. The van der Waals surface area contributed by atoms with Crippen LogP contribution in [0.3, 0.4) is 0 Å². The van der Waals surface area contributed by atoms with E-state index >= 15 is 0 Å². The standard InChI is InChI=1S/C33H46N2O5S/c1-22(2)20-29(36)39-33(4,5)40-32(38)30-27(21-28(41-30)24-10-8-7-9-11-24)35(26-16-18-34(6)19-17-26)31(37)25-14-12-23(3)13-15-25/h7-11,21-23,25-26H,12-20H2,1-6H3/p+1. The van der Waals surface area contributed by atoms with Crippen molar-refractivity contribution < 1.29 is 28.8 Å². The number of nitrogens with one attached hydrogen (secondary N) is 1. The third-order valence-corrected chi connectivity index (χ3v) is 9.42. The topological polar surface area (TPSA) is 77.3 Å². The van der Waals surface area contributed by atoms with Gasteiger partial charge in [-0.3, -0.25) is 9.59 Å². The quantitative estimate of drug-likeness (QED) is 0.301. The summed E-state index contributed by atoms with van der Waals surface area (Å²) in [4.78, 5) is 45.3. The molecule has 1 saturated carbocycles. The summed E-state index contributed by atoms with van der Waals surface area (Å²) in [5.74, 6) is -1.59. The average Bonchev–Trinajstić information content (AvgIpc) is 3.35. The summed E-state index contributed by atoms with van der Waals surface area (Å²) in [6.07, 6.45) is 5.85. The lowest BCUT2D eigenvalue weighted by atomic mass is 9.82. The van der Waals surface area contributed by atoms with Gasteiger partial charge < -0.3 is 19.3 Å². The number of anilines is 1. The monoisotopic (exact) mass is 583 g/mol. The van der Waals surface area contributed by atoms with Gasteiger partial charge in [-0.2, -0.15) is 0 Å². The molecule has 1 aromatic carbocycles. The van der Waals surface area contributed by atoms with Crippen LogP contribution in [0.15, 0.2) is 36.4 Å². The van der Waals surface area contributed by atoms with Crippen molar-refractivity contribution in [3.63, 3.8) is 0 Å². The van der Waals surface area contributed by atoms with Gasteiger partial charge in [-0.05, 0) is 49.1 Å². The Morgan fingerprint density at radius 2 is 1.63 bits per heavy atom. The first kappa shape index (κ1) is 31.2. The van der Waals surface area contributed by atoms with E-state index in [1.54, 1.807) is 13.8 Å². The van der Waals surface area contributed by atoms with Crippen molar-refractivity contribution >= 4 is 34.9 Å². The molecule has 41 heavy (non-hydrogen) atoms. The maximum Gasteiger partial charge on any atom is 0.353 e. The van der Waals surface area contributed by atoms with Crippen LogP contribution in [0.25, 0.3) is 10.4 Å². The summed E-state index contributed by atoms with van der Waals surface area (Å²) in [5, 5.41) is 0. The van der Waals surface area contributed by atoms with E-state index in [0.717, 1.165) is 62.1 Å². The molecule has 1 amide bonds. The first-order valence-corrected chi connectivity index (χ1v) is 16.0. The lowest BCUT2D eigenvalue weighted by Crippen LogP contribution is -3.10. The van der Waals surface area contributed by atoms with Gasteiger partial charge in [0.25, 0.3) is 5.79 Å². The number of hydrogen-bond acceptors (Lipinski definition) is 6. The zero-order valence-electron chi connectivity index (χ0n) is 25.5. The highest BCUT2D eigenvalue weighted by Gasteiger charge is 2.39. The van der Waals surface area contributed by atoms with Crippen LogP contribution in [0, 0.1) is 17.8 Å². The van der Waals surface area contributed by atoms with Gasteiger partial charge in [-0.25, -0.2) is 4.79 Å². The normalized spacial score (nSPS) is 23.2. The molecule has 2 aromatic rings. The molecule has 224 valence electrons. The Hall–Kier alpha value is -2.71. The molecule has 1 saturated heterocycles. The van der Waals surface area contributed by atoms with E-state index in [2.05, 4.69) is 14.0 Å². The molecule has 8 heteroatoms. The molecule has 0 unspecified atom stereocenters. The van der Waals surface area contributed by atoms with E-state index < -0.39 is 17.7 Å². The molecule has 0 atom stereocenters. The Morgan fingerprint density at radius 1 is 1.00 bits per heavy atom. The van der Waals surface area contributed by atoms with E-state index in [-0.39, 0.29) is 30.2 Å². The maximum absolute atomic E-state index is 14.3. The molecule has 0 bridgehead atoms. The molecule has 4 rings (SSSR count). The highest BCUT2D eigenvalue weighted by atomic mass is 32.1. The summed E-state index contributed by atoms with van der Waals surface area (Å²) < 4.78 is 11.4. The number of nitrogens with zero attached hydrogens (tertiary/aromatic N) is 1. The number of carbonyl (C=O) groups is 3. The number of likely N-dealkylation sites (tertiary alicyclic amines) is 1. The molecule has 2 fully saturated rings. The van der Waals surface area contributed by atoms with Crippen molar-refractivity contribution in [2.75, 3.05) is 25.0 Å². The van der Waals surface area contributed by atoms with E-state index in [0.29, 0.717) is 16.5 Å². The van der Waals surface area contributed by atoms with Crippen LogP contribution in [0.1, 0.15) is 89.2 Å². The lowest BCUT2D eigenvalue weighted by molar-refractivity contribution is -0.884. The van der Waals surface area contributed by atoms with Crippen molar-refractivity contribution in [1.29, 1.82) is 0 Å². The molecular weight excluding hydrogens is 536 g/mol. The van der Waals surface area contributed by atoms with Crippen molar-refractivity contribution in [2.45, 2.75) is 91.4 Å². The zero-order chi connectivity index (χ0) is 29.7. The average molecular weight is 584 g/mol. The molecule has 1 N–H and O–H groups in total. The number of benzene rings is 1. The zero-order valence-corrected chi connectivity index (χ0v) is 26.4. The van der Waals surface area contributed by atoms with Gasteiger partial charge in [-0.1, -0.05) is 51.1 Å².